The predicted octanol–water partition coefficient (Wildman–Crippen LogP) is 0.436. The molecule has 2 rings (SSSR count). The van der Waals surface area contributed by atoms with Crippen molar-refractivity contribution < 1.29 is 9.59 Å². The number of hydrogen-bond acceptors (Lipinski definition) is 3. The molecule has 0 saturated carbocycles. The first-order valence-electron chi connectivity index (χ1n) is 5.07. The predicted molar refractivity (Wildman–Crippen MR) is 61.1 cm³/mol. The van der Waals surface area contributed by atoms with Gasteiger partial charge in [0, 0.05) is 17.8 Å². The fourth-order valence-corrected chi connectivity index (χ4v) is 2.17. The molecule has 0 unspecified atom stereocenters. The third kappa shape index (κ3) is 2.96. The van der Waals surface area contributed by atoms with E-state index >= 15 is 0 Å². The van der Waals surface area contributed by atoms with Crippen LogP contribution in [0.2, 0.25) is 0 Å². The molecule has 1 saturated heterocycles. The van der Waals surface area contributed by atoms with E-state index in [0.717, 1.165) is 4.88 Å². The molecule has 0 aromatic carbocycles. The van der Waals surface area contributed by atoms with Gasteiger partial charge in [-0.15, -0.1) is 11.3 Å². The Hall–Kier alpha value is -1.56. The lowest BCUT2D eigenvalue weighted by atomic mass is 10.3. The highest BCUT2D eigenvalue weighted by Gasteiger charge is 2.22. The highest BCUT2D eigenvalue weighted by atomic mass is 32.1. The van der Waals surface area contributed by atoms with E-state index < -0.39 is 0 Å². The van der Waals surface area contributed by atoms with Crippen molar-refractivity contribution >= 4 is 23.3 Å². The monoisotopic (exact) mass is 239 g/mol. The van der Waals surface area contributed by atoms with Gasteiger partial charge in [0.05, 0.1) is 12.6 Å². The van der Waals surface area contributed by atoms with Crippen molar-refractivity contribution in [2.75, 3.05) is 6.54 Å². The zero-order valence-electron chi connectivity index (χ0n) is 8.66. The van der Waals surface area contributed by atoms with E-state index in [9.17, 15) is 9.59 Å². The van der Waals surface area contributed by atoms with E-state index in [1.807, 2.05) is 17.5 Å². The highest BCUT2D eigenvalue weighted by Crippen LogP contribution is 2.07. The lowest BCUT2D eigenvalue weighted by Crippen LogP contribution is -2.42. The second-order valence-corrected chi connectivity index (χ2v) is 4.64. The van der Waals surface area contributed by atoms with Gasteiger partial charge in [-0.2, -0.15) is 0 Å². The van der Waals surface area contributed by atoms with Gasteiger partial charge in [-0.3, -0.25) is 4.79 Å². The summed E-state index contributed by atoms with van der Waals surface area (Å²) in [5, 5.41) is 10.1. The van der Waals surface area contributed by atoms with Crippen LogP contribution in [0.15, 0.2) is 17.5 Å². The summed E-state index contributed by atoms with van der Waals surface area (Å²) in [5.74, 6) is -0.0106. The standard InChI is InChI=1S/C10H13N3O2S/c14-9-4-7(5-11-9)13-10(15)12-6-8-2-1-3-16-8/h1-3,7H,4-6H2,(H,11,14)(H2,12,13,15)/t7-/m1/s1. The molecule has 0 radical (unpaired) electrons. The van der Waals surface area contributed by atoms with Crippen molar-refractivity contribution in [2.24, 2.45) is 0 Å². The fourth-order valence-electron chi connectivity index (χ4n) is 1.52. The second-order valence-electron chi connectivity index (χ2n) is 3.61. The van der Waals surface area contributed by atoms with Crippen LogP contribution < -0.4 is 16.0 Å². The van der Waals surface area contributed by atoms with Crippen LogP contribution in [0.25, 0.3) is 0 Å². The van der Waals surface area contributed by atoms with Gasteiger partial charge in [-0.25, -0.2) is 4.79 Å². The summed E-state index contributed by atoms with van der Waals surface area (Å²) in [6.45, 7) is 1.04. The Labute approximate surface area is 97.2 Å². The number of amides is 3. The van der Waals surface area contributed by atoms with Crippen LogP contribution in [0.5, 0.6) is 0 Å². The summed E-state index contributed by atoms with van der Waals surface area (Å²) < 4.78 is 0. The van der Waals surface area contributed by atoms with Gasteiger partial charge in [-0.1, -0.05) is 6.07 Å². The molecule has 1 atom stereocenters. The molecule has 2 heterocycles. The first kappa shape index (κ1) is 10.9. The molecule has 1 aromatic rings. The molecule has 6 heteroatoms. The van der Waals surface area contributed by atoms with Crippen molar-refractivity contribution in [1.29, 1.82) is 0 Å². The molecule has 5 nitrogen and oxygen atoms in total. The van der Waals surface area contributed by atoms with Crippen molar-refractivity contribution in [2.45, 2.75) is 19.0 Å². The smallest absolute Gasteiger partial charge is 0.315 e. The number of hydrogen-bond donors (Lipinski definition) is 3. The minimum absolute atomic E-state index is 0.0106. The highest BCUT2D eigenvalue weighted by molar-refractivity contribution is 7.09. The number of nitrogens with one attached hydrogen (secondary N) is 3. The van der Waals surface area contributed by atoms with Crippen LogP contribution in [-0.2, 0) is 11.3 Å². The van der Waals surface area contributed by atoms with Gasteiger partial charge in [-0.05, 0) is 11.4 Å². The van der Waals surface area contributed by atoms with E-state index in [0.29, 0.717) is 19.5 Å². The average molecular weight is 239 g/mol. The van der Waals surface area contributed by atoms with Crippen molar-refractivity contribution in [1.82, 2.24) is 16.0 Å². The molecule has 0 bridgehead atoms. The van der Waals surface area contributed by atoms with E-state index in [4.69, 9.17) is 0 Å². The minimum Gasteiger partial charge on any atom is -0.354 e. The normalized spacial score (nSPS) is 19.2. The number of carbonyl (C=O) groups excluding carboxylic acids is 2. The molecular weight excluding hydrogens is 226 g/mol. The van der Waals surface area contributed by atoms with Gasteiger partial charge in [0.1, 0.15) is 0 Å². The summed E-state index contributed by atoms with van der Waals surface area (Å²) in [6.07, 6.45) is 0.367. The Balaban J connectivity index is 1.70. The molecule has 1 aliphatic rings. The zero-order valence-corrected chi connectivity index (χ0v) is 9.47. The molecular formula is C10H13N3O2S. The first-order valence-corrected chi connectivity index (χ1v) is 5.95. The molecule has 1 aromatic heterocycles. The largest absolute Gasteiger partial charge is 0.354 e. The molecule has 3 amide bonds. The van der Waals surface area contributed by atoms with E-state index in [1.165, 1.54) is 0 Å². The Kier molecular flexibility index (Phi) is 3.40. The van der Waals surface area contributed by atoms with Crippen LogP contribution in [0, 0.1) is 0 Å². The number of carbonyl (C=O) groups is 2. The van der Waals surface area contributed by atoms with Gasteiger partial charge in [0.2, 0.25) is 5.91 Å². The lowest BCUT2D eigenvalue weighted by Gasteiger charge is -2.10. The van der Waals surface area contributed by atoms with Gasteiger partial charge in [0.25, 0.3) is 0 Å². The first-order chi connectivity index (χ1) is 7.74. The third-order valence-corrected chi connectivity index (χ3v) is 3.19. The minimum atomic E-state index is -0.227. The number of urea groups is 1. The lowest BCUT2D eigenvalue weighted by molar-refractivity contribution is -0.119. The molecule has 16 heavy (non-hydrogen) atoms. The third-order valence-electron chi connectivity index (χ3n) is 2.32. The Morgan fingerprint density at radius 3 is 3.12 bits per heavy atom. The van der Waals surface area contributed by atoms with Crippen molar-refractivity contribution in [3.05, 3.63) is 22.4 Å². The number of rotatable bonds is 3. The summed E-state index contributed by atoms with van der Waals surface area (Å²) in [4.78, 5) is 23.4. The van der Waals surface area contributed by atoms with Crippen molar-refractivity contribution in [3.8, 4) is 0 Å². The maximum atomic E-state index is 11.4. The van der Waals surface area contributed by atoms with Crippen LogP contribution in [0.4, 0.5) is 4.79 Å². The summed E-state index contributed by atoms with van der Waals surface area (Å²) >= 11 is 1.60. The number of thiophene rings is 1. The average Bonchev–Trinajstić information content (AvgIpc) is 2.87. The fraction of sp³-hybridized carbons (Fsp3) is 0.400. The van der Waals surface area contributed by atoms with Crippen LogP contribution in [0.3, 0.4) is 0 Å². The second kappa shape index (κ2) is 4.98. The van der Waals surface area contributed by atoms with Crippen LogP contribution in [0.1, 0.15) is 11.3 Å². The van der Waals surface area contributed by atoms with Gasteiger partial charge in [0.15, 0.2) is 0 Å². The van der Waals surface area contributed by atoms with Crippen LogP contribution >= 0.6 is 11.3 Å². The maximum absolute atomic E-state index is 11.4. The van der Waals surface area contributed by atoms with Gasteiger partial charge < -0.3 is 16.0 Å². The SMILES string of the molecule is O=C1C[C@@H](NC(=O)NCc2cccs2)CN1. The molecule has 0 aliphatic carbocycles. The summed E-state index contributed by atoms with van der Waals surface area (Å²) in [7, 11) is 0. The maximum Gasteiger partial charge on any atom is 0.315 e. The van der Waals surface area contributed by atoms with Gasteiger partial charge >= 0.3 is 6.03 Å². The van der Waals surface area contributed by atoms with E-state index in [-0.39, 0.29) is 18.0 Å². The Bertz CT molecular complexity index is 377. The van der Waals surface area contributed by atoms with Crippen molar-refractivity contribution in [3.63, 3.8) is 0 Å². The quantitative estimate of drug-likeness (QED) is 0.716. The summed E-state index contributed by atoms with van der Waals surface area (Å²) in [6, 6.07) is 3.59. The topological polar surface area (TPSA) is 70.2 Å². The molecule has 0 spiro atoms. The van der Waals surface area contributed by atoms with Crippen LogP contribution in [-0.4, -0.2) is 24.5 Å². The van der Waals surface area contributed by atoms with E-state index in [2.05, 4.69) is 16.0 Å². The summed E-state index contributed by atoms with van der Waals surface area (Å²) in [5.41, 5.74) is 0. The Morgan fingerprint density at radius 2 is 2.50 bits per heavy atom. The molecule has 1 fully saturated rings. The molecule has 86 valence electrons. The molecule has 1 aliphatic heterocycles. The Morgan fingerprint density at radius 1 is 1.62 bits per heavy atom. The zero-order chi connectivity index (χ0) is 11.4. The van der Waals surface area contributed by atoms with E-state index in [1.54, 1.807) is 11.3 Å². The molecule has 3 N–H and O–H groups in total.